The fraction of sp³-hybridized carbons (Fsp3) is 0.760. The Morgan fingerprint density at radius 1 is 1.19 bits per heavy atom. The van der Waals surface area contributed by atoms with Gasteiger partial charge in [-0.3, -0.25) is 13.8 Å². The molecule has 0 bridgehead atoms. The van der Waals surface area contributed by atoms with Crippen molar-refractivity contribution in [1.82, 2.24) is 0 Å². The van der Waals surface area contributed by atoms with Crippen molar-refractivity contribution in [2.24, 2.45) is 34.5 Å². The summed E-state index contributed by atoms with van der Waals surface area (Å²) >= 11 is 0. The van der Waals surface area contributed by atoms with Crippen LogP contribution in [0.3, 0.4) is 0 Å². The van der Waals surface area contributed by atoms with E-state index in [1.165, 1.54) is 5.57 Å². The Kier molecular flexibility index (Phi) is 5.87. The van der Waals surface area contributed by atoms with Crippen LogP contribution >= 0.6 is 0 Å². The standard InChI is InChI=1S/C25H36O5S/c1-5-6-13-31(28,29)30-23-15-22-19(21-10-9-20(16(2)26)25(21,23)4)8-7-17-14-18(27)11-12-24(17,22)3/h11-12,14,19-23H,5-10,13,15H2,1-4H3/t19-,20+,21-,22-,23?,24-,25+/m0/s1. The van der Waals surface area contributed by atoms with Crippen LogP contribution in [0.25, 0.3) is 0 Å². The Balaban J connectivity index is 1.74. The highest BCUT2D eigenvalue weighted by Gasteiger charge is 2.64. The molecule has 4 aliphatic carbocycles. The molecule has 0 aromatic carbocycles. The normalized spacial score (nSPS) is 41.9. The molecule has 1 unspecified atom stereocenters. The number of hydrogen-bond acceptors (Lipinski definition) is 5. The van der Waals surface area contributed by atoms with Crippen molar-refractivity contribution in [3.8, 4) is 0 Å². The predicted molar refractivity (Wildman–Crippen MR) is 120 cm³/mol. The van der Waals surface area contributed by atoms with Crippen LogP contribution in [0.2, 0.25) is 0 Å². The average Bonchev–Trinajstić information content (AvgIpc) is 3.06. The van der Waals surface area contributed by atoms with Crippen molar-refractivity contribution in [3.05, 3.63) is 23.8 Å². The molecule has 7 atom stereocenters. The van der Waals surface area contributed by atoms with E-state index in [2.05, 4.69) is 13.8 Å². The molecule has 0 amide bonds. The highest BCUT2D eigenvalue weighted by atomic mass is 32.2. The zero-order valence-electron chi connectivity index (χ0n) is 19.2. The first kappa shape index (κ1) is 22.9. The molecule has 0 radical (unpaired) electrons. The lowest BCUT2D eigenvalue weighted by Crippen LogP contribution is -2.57. The van der Waals surface area contributed by atoms with Crippen LogP contribution in [0.15, 0.2) is 23.8 Å². The summed E-state index contributed by atoms with van der Waals surface area (Å²) < 4.78 is 31.7. The van der Waals surface area contributed by atoms with Crippen molar-refractivity contribution in [2.75, 3.05) is 5.75 Å². The molecule has 4 aliphatic rings. The van der Waals surface area contributed by atoms with Gasteiger partial charge in [0.15, 0.2) is 5.78 Å². The number of carbonyl (C=O) groups excluding carboxylic acids is 2. The molecule has 5 nitrogen and oxygen atoms in total. The molecular weight excluding hydrogens is 412 g/mol. The Hall–Kier alpha value is -1.27. The van der Waals surface area contributed by atoms with Crippen molar-refractivity contribution in [1.29, 1.82) is 0 Å². The van der Waals surface area contributed by atoms with Crippen LogP contribution in [0, 0.1) is 34.5 Å². The Bertz CT molecular complexity index is 932. The Morgan fingerprint density at radius 2 is 1.94 bits per heavy atom. The van der Waals surface area contributed by atoms with E-state index in [9.17, 15) is 18.0 Å². The summed E-state index contributed by atoms with van der Waals surface area (Å²) in [5.74, 6) is 0.942. The molecule has 0 saturated heterocycles. The summed E-state index contributed by atoms with van der Waals surface area (Å²) in [6.07, 6.45) is 10.6. The lowest BCUT2D eigenvalue weighted by atomic mass is 9.47. The highest BCUT2D eigenvalue weighted by Crippen LogP contribution is 2.66. The van der Waals surface area contributed by atoms with Crippen LogP contribution in [0.5, 0.6) is 0 Å². The number of ketones is 2. The lowest BCUT2D eigenvalue weighted by Gasteiger charge is -2.59. The highest BCUT2D eigenvalue weighted by molar-refractivity contribution is 7.86. The van der Waals surface area contributed by atoms with E-state index in [0.29, 0.717) is 18.8 Å². The zero-order chi connectivity index (χ0) is 22.6. The van der Waals surface area contributed by atoms with Crippen molar-refractivity contribution in [3.63, 3.8) is 0 Å². The maximum absolute atomic E-state index is 12.9. The molecular formula is C25H36O5S. The summed E-state index contributed by atoms with van der Waals surface area (Å²) in [4.78, 5) is 24.6. The molecule has 6 heteroatoms. The van der Waals surface area contributed by atoms with E-state index in [1.54, 1.807) is 19.1 Å². The molecule has 4 rings (SSSR count). The van der Waals surface area contributed by atoms with Crippen molar-refractivity contribution < 1.29 is 22.2 Å². The smallest absolute Gasteiger partial charge is 0.267 e. The summed E-state index contributed by atoms with van der Waals surface area (Å²) in [6, 6.07) is 0. The molecule has 0 N–H and O–H groups in total. The second-order valence-corrected chi connectivity index (χ2v) is 12.4. The minimum atomic E-state index is -3.66. The topological polar surface area (TPSA) is 77.5 Å². The molecule has 0 heterocycles. The SMILES string of the molecule is CCCCS(=O)(=O)OC1C[C@H]2[C@@H](CCC3=CC(=O)C=C[C@@]32C)[C@@H]2CC[C@H](C(C)=O)[C@@]12C. The second-order valence-electron chi connectivity index (χ2n) is 10.6. The summed E-state index contributed by atoms with van der Waals surface area (Å²) in [7, 11) is -3.66. The van der Waals surface area contributed by atoms with Gasteiger partial charge in [0.2, 0.25) is 0 Å². The summed E-state index contributed by atoms with van der Waals surface area (Å²) in [5, 5.41) is 0. The van der Waals surface area contributed by atoms with Gasteiger partial charge in [0.25, 0.3) is 10.1 Å². The van der Waals surface area contributed by atoms with Crippen LogP contribution in [-0.4, -0.2) is 31.8 Å². The van der Waals surface area contributed by atoms with Gasteiger partial charge in [0.05, 0.1) is 11.9 Å². The number of hydrogen-bond donors (Lipinski definition) is 0. The monoisotopic (exact) mass is 448 g/mol. The molecule has 0 aliphatic heterocycles. The molecule has 0 aromatic heterocycles. The van der Waals surface area contributed by atoms with Crippen LogP contribution in [0.4, 0.5) is 0 Å². The van der Waals surface area contributed by atoms with E-state index in [-0.39, 0.29) is 40.5 Å². The third-order valence-corrected chi connectivity index (χ3v) is 10.4. The summed E-state index contributed by atoms with van der Waals surface area (Å²) in [5.41, 5.74) is 0.456. The van der Waals surface area contributed by atoms with E-state index in [4.69, 9.17) is 4.18 Å². The van der Waals surface area contributed by atoms with Gasteiger partial charge in [0.1, 0.15) is 5.78 Å². The largest absolute Gasteiger partial charge is 0.300 e. The van der Waals surface area contributed by atoms with Crippen LogP contribution in [0.1, 0.15) is 72.6 Å². The van der Waals surface area contributed by atoms with Gasteiger partial charge in [-0.05, 0) is 75.4 Å². The molecule has 172 valence electrons. The van der Waals surface area contributed by atoms with Gasteiger partial charge in [-0.15, -0.1) is 0 Å². The van der Waals surface area contributed by atoms with E-state index in [1.807, 2.05) is 13.0 Å². The van der Waals surface area contributed by atoms with Crippen LogP contribution < -0.4 is 0 Å². The zero-order valence-corrected chi connectivity index (χ0v) is 20.0. The quantitative estimate of drug-likeness (QED) is 0.554. The van der Waals surface area contributed by atoms with Gasteiger partial charge < -0.3 is 0 Å². The van der Waals surface area contributed by atoms with Crippen LogP contribution in [-0.2, 0) is 23.9 Å². The minimum Gasteiger partial charge on any atom is -0.300 e. The number of unbranched alkanes of at least 4 members (excludes halogenated alkanes) is 1. The van der Waals surface area contributed by atoms with E-state index in [0.717, 1.165) is 32.1 Å². The van der Waals surface area contributed by atoms with Gasteiger partial charge in [-0.1, -0.05) is 38.8 Å². The first-order valence-electron chi connectivity index (χ1n) is 11.9. The minimum absolute atomic E-state index is 0.0242. The fourth-order valence-electron chi connectivity index (χ4n) is 7.49. The first-order chi connectivity index (χ1) is 14.5. The number of fused-ring (bicyclic) bond motifs is 5. The molecule has 3 saturated carbocycles. The van der Waals surface area contributed by atoms with E-state index < -0.39 is 21.6 Å². The fourth-order valence-corrected chi connectivity index (χ4v) is 8.87. The molecule has 3 fully saturated rings. The number of carbonyl (C=O) groups is 2. The van der Waals surface area contributed by atoms with Gasteiger partial charge in [-0.2, -0.15) is 8.42 Å². The van der Waals surface area contributed by atoms with Crippen molar-refractivity contribution >= 4 is 21.7 Å². The summed E-state index contributed by atoms with van der Waals surface area (Å²) in [6.45, 7) is 7.92. The van der Waals surface area contributed by atoms with E-state index >= 15 is 0 Å². The molecule has 0 aromatic rings. The van der Waals surface area contributed by atoms with Gasteiger partial charge in [0, 0.05) is 16.7 Å². The second kappa shape index (κ2) is 7.95. The Morgan fingerprint density at radius 3 is 2.61 bits per heavy atom. The lowest BCUT2D eigenvalue weighted by molar-refractivity contribution is -0.139. The Labute approximate surface area is 186 Å². The van der Waals surface area contributed by atoms with Crippen molar-refractivity contribution in [2.45, 2.75) is 78.7 Å². The number of Topliss-reactive ketones (excluding diaryl/α,β-unsaturated/α-hetero) is 1. The van der Waals surface area contributed by atoms with Gasteiger partial charge >= 0.3 is 0 Å². The third-order valence-electron chi connectivity index (χ3n) is 9.13. The predicted octanol–water partition coefficient (Wildman–Crippen LogP) is 4.62. The first-order valence-corrected chi connectivity index (χ1v) is 13.5. The average molecular weight is 449 g/mol. The molecule has 31 heavy (non-hydrogen) atoms. The maximum atomic E-state index is 12.9. The maximum Gasteiger partial charge on any atom is 0.267 e. The number of rotatable bonds is 6. The van der Waals surface area contributed by atoms with Gasteiger partial charge in [-0.25, -0.2) is 0 Å². The molecule has 0 spiro atoms. The number of allylic oxidation sites excluding steroid dienone is 4. The third kappa shape index (κ3) is 3.68.